The average Bonchev–Trinajstić information content (AvgIpc) is 2.78. The van der Waals surface area contributed by atoms with Gasteiger partial charge in [0.2, 0.25) is 10.0 Å². The Hall–Kier alpha value is -3.12. The van der Waals surface area contributed by atoms with Crippen LogP contribution in [-0.4, -0.2) is 20.9 Å². The van der Waals surface area contributed by atoms with E-state index in [-0.39, 0.29) is 10.8 Å². The van der Waals surface area contributed by atoms with Gasteiger partial charge in [0.1, 0.15) is 0 Å². The molecule has 31 heavy (non-hydrogen) atoms. The fourth-order valence-electron chi connectivity index (χ4n) is 2.88. The molecule has 0 fully saturated rings. The molecule has 8 heteroatoms. The standard InChI is InChI=1S/C23H21N3O3S2/c24-15-18-5-7-19(8-6-18)16-30-22-4-2-1-3-21(22)23(27)26-14-13-17-9-11-20(12-10-17)31(25,28)29/h1-12H,13-14,16H2,(H,26,27)(H2,25,28,29). The van der Waals surface area contributed by atoms with Crippen molar-refractivity contribution in [3.05, 3.63) is 95.1 Å². The van der Waals surface area contributed by atoms with Gasteiger partial charge in [-0.2, -0.15) is 5.26 Å². The molecule has 0 radical (unpaired) electrons. The number of amides is 1. The van der Waals surface area contributed by atoms with E-state index in [1.165, 1.54) is 12.1 Å². The lowest BCUT2D eigenvalue weighted by atomic mass is 10.1. The number of thioether (sulfide) groups is 1. The molecule has 3 rings (SSSR count). The molecule has 0 bridgehead atoms. The topological polar surface area (TPSA) is 113 Å². The quantitative estimate of drug-likeness (QED) is 0.509. The Balaban J connectivity index is 1.57. The van der Waals surface area contributed by atoms with Crippen molar-refractivity contribution in [2.75, 3.05) is 6.54 Å². The number of hydrogen-bond donors (Lipinski definition) is 2. The Bertz CT molecular complexity index is 1200. The fourth-order valence-corrected chi connectivity index (χ4v) is 4.40. The molecular formula is C23H21N3O3S2. The summed E-state index contributed by atoms with van der Waals surface area (Å²) in [6, 6.07) is 23.2. The molecule has 0 saturated heterocycles. The molecule has 3 N–H and O–H groups in total. The highest BCUT2D eigenvalue weighted by Crippen LogP contribution is 2.26. The number of hydrogen-bond acceptors (Lipinski definition) is 5. The van der Waals surface area contributed by atoms with Gasteiger partial charge in [0.15, 0.2) is 0 Å². The van der Waals surface area contributed by atoms with E-state index in [0.29, 0.717) is 29.8 Å². The van der Waals surface area contributed by atoms with Gasteiger partial charge in [0.05, 0.1) is 22.1 Å². The average molecular weight is 452 g/mol. The van der Waals surface area contributed by atoms with Crippen LogP contribution in [-0.2, 0) is 22.2 Å². The number of primary sulfonamides is 1. The molecule has 1 amide bonds. The second-order valence-electron chi connectivity index (χ2n) is 6.79. The van der Waals surface area contributed by atoms with Gasteiger partial charge < -0.3 is 5.32 Å². The number of sulfonamides is 1. The van der Waals surface area contributed by atoms with Crippen molar-refractivity contribution in [1.82, 2.24) is 5.32 Å². The summed E-state index contributed by atoms with van der Waals surface area (Å²) in [7, 11) is -3.71. The van der Waals surface area contributed by atoms with E-state index >= 15 is 0 Å². The highest BCUT2D eigenvalue weighted by Gasteiger charge is 2.12. The van der Waals surface area contributed by atoms with Crippen LogP contribution in [0.3, 0.4) is 0 Å². The molecule has 0 aromatic heterocycles. The van der Waals surface area contributed by atoms with Crippen LogP contribution in [0, 0.1) is 11.3 Å². The number of nitriles is 1. The van der Waals surface area contributed by atoms with Crippen LogP contribution in [0.25, 0.3) is 0 Å². The number of carbonyl (C=O) groups excluding carboxylic acids is 1. The van der Waals surface area contributed by atoms with Crippen LogP contribution in [0.15, 0.2) is 82.6 Å². The maximum Gasteiger partial charge on any atom is 0.252 e. The van der Waals surface area contributed by atoms with Crippen LogP contribution in [0.5, 0.6) is 0 Å². The monoisotopic (exact) mass is 451 g/mol. The largest absolute Gasteiger partial charge is 0.352 e. The summed E-state index contributed by atoms with van der Waals surface area (Å²) < 4.78 is 22.6. The highest BCUT2D eigenvalue weighted by atomic mass is 32.2. The fraction of sp³-hybridized carbons (Fsp3) is 0.130. The second-order valence-corrected chi connectivity index (χ2v) is 9.37. The normalized spacial score (nSPS) is 11.0. The van der Waals surface area contributed by atoms with Crippen molar-refractivity contribution in [2.45, 2.75) is 22.0 Å². The van der Waals surface area contributed by atoms with Crippen LogP contribution >= 0.6 is 11.8 Å². The van der Waals surface area contributed by atoms with Crippen molar-refractivity contribution >= 4 is 27.7 Å². The summed E-state index contributed by atoms with van der Waals surface area (Å²) in [5.41, 5.74) is 3.19. The van der Waals surface area contributed by atoms with Crippen LogP contribution in [0.2, 0.25) is 0 Å². The lowest BCUT2D eigenvalue weighted by Crippen LogP contribution is -2.26. The lowest BCUT2D eigenvalue weighted by Gasteiger charge is -2.10. The van der Waals surface area contributed by atoms with E-state index in [1.807, 2.05) is 30.3 Å². The van der Waals surface area contributed by atoms with Gasteiger partial charge in [-0.1, -0.05) is 36.4 Å². The first-order valence-corrected chi connectivity index (χ1v) is 12.0. The zero-order chi connectivity index (χ0) is 22.3. The number of carbonyl (C=O) groups is 1. The van der Waals surface area contributed by atoms with Crippen molar-refractivity contribution in [1.29, 1.82) is 5.26 Å². The van der Waals surface area contributed by atoms with Gasteiger partial charge in [-0.15, -0.1) is 11.8 Å². The van der Waals surface area contributed by atoms with E-state index in [0.717, 1.165) is 16.0 Å². The van der Waals surface area contributed by atoms with E-state index in [4.69, 9.17) is 10.4 Å². The summed E-state index contributed by atoms with van der Waals surface area (Å²) in [4.78, 5) is 13.6. The molecule has 0 aliphatic rings. The van der Waals surface area contributed by atoms with Gasteiger partial charge in [-0.25, -0.2) is 13.6 Å². The zero-order valence-corrected chi connectivity index (χ0v) is 18.2. The Morgan fingerprint density at radius 2 is 1.61 bits per heavy atom. The van der Waals surface area contributed by atoms with Crippen molar-refractivity contribution < 1.29 is 13.2 Å². The number of nitrogens with one attached hydrogen (secondary N) is 1. The summed E-state index contributed by atoms with van der Waals surface area (Å²) >= 11 is 1.56. The van der Waals surface area contributed by atoms with E-state index in [1.54, 1.807) is 42.1 Å². The van der Waals surface area contributed by atoms with Crippen molar-refractivity contribution in [2.24, 2.45) is 5.14 Å². The smallest absolute Gasteiger partial charge is 0.252 e. The van der Waals surface area contributed by atoms with Crippen molar-refractivity contribution in [3.8, 4) is 6.07 Å². The van der Waals surface area contributed by atoms with E-state index in [9.17, 15) is 13.2 Å². The van der Waals surface area contributed by atoms with Gasteiger partial charge in [-0.05, 0) is 53.9 Å². The molecule has 0 aliphatic carbocycles. The van der Waals surface area contributed by atoms with E-state index in [2.05, 4.69) is 11.4 Å². The SMILES string of the molecule is N#Cc1ccc(CSc2ccccc2C(=O)NCCc2ccc(S(N)(=O)=O)cc2)cc1. The minimum Gasteiger partial charge on any atom is -0.352 e. The zero-order valence-electron chi connectivity index (χ0n) is 16.6. The molecular weight excluding hydrogens is 430 g/mol. The first-order valence-electron chi connectivity index (χ1n) is 9.47. The minimum atomic E-state index is -3.71. The third-order valence-corrected chi connectivity index (χ3v) is 6.63. The second kappa shape index (κ2) is 10.3. The van der Waals surface area contributed by atoms with Gasteiger partial charge >= 0.3 is 0 Å². The highest BCUT2D eigenvalue weighted by molar-refractivity contribution is 7.98. The predicted molar refractivity (Wildman–Crippen MR) is 121 cm³/mol. The minimum absolute atomic E-state index is 0.0634. The van der Waals surface area contributed by atoms with Crippen LogP contribution < -0.4 is 10.5 Å². The Morgan fingerprint density at radius 1 is 0.968 bits per heavy atom. The Morgan fingerprint density at radius 3 is 2.26 bits per heavy atom. The molecule has 158 valence electrons. The summed E-state index contributed by atoms with van der Waals surface area (Å²) in [5, 5.41) is 16.9. The first kappa shape index (κ1) is 22.6. The number of nitrogens with zero attached hydrogens (tertiary/aromatic N) is 1. The first-order chi connectivity index (χ1) is 14.9. The third kappa shape index (κ3) is 6.43. The summed E-state index contributed by atoms with van der Waals surface area (Å²) in [5.74, 6) is 0.524. The van der Waals surface area contributed by atoms with E-state index < -0.39 is 10.0 Å². The third-order valence-electron chi connectivity index (χ3n) is 4.56. The molecule has 0 aliphatic heterocycles. The molecule has 6 nitrogen and oxygen atoms in total. The maximum atomic E-state index is 12.7. The summed E-state index contributed by atoms with van der Waals surface area (Å²) in [6.45, 7) is 0.419. The lowest BCUT2D eigenvalue weighted by molar-refractivity contribution is 0.0951. The van der Waals surface area contributed by atoms with Gasteiger partial charge in [0.25, 0.3) is 5.91 Å². The van der Waals surface area contributed by atoms with Crippen molar-refractivity contribution in [3.63, 3.8) is 0 Å². The van der Waals surface area contributed by atoms with Crippen LogP contribution in [0.4, 0.5) is 0 Å². The Kier molecular flexibility index (Phi) is 7.47. The number of nitrogens with two attached hydrogens (primary N) is 1. The molecule has 3 aromatic carbocycles. The Labute approximate surface area is 186 Å². The molecule has 0 unspecified atom stereocenters. The van der Waals surface area contributed by atoms with Gasteiger partial charge in [0, 0.05) is 17.2 Å². The van der Waals surface area contributed by atoms with Gasteiger partial charge in [-0.3, -0.25) is 4.79 Å². The molecule has 0 heterocycles. The molecule has 0 spiro atoms. The number of benzene rings is 3. The summed E-state index contributed by atoms with van der Waals surface area (Å²) in [6.07, 6.45) is 0.567. The molecule has 3 aromatic rings. The van der Waals surface area contributed by atoms with Crippen LogP contribution in [0.1, 0.15) is 27.0 Å². The maximum absolute atomic E-state index is 12.7. The molecule has 0 atom stereocenters. The predicted octanol–water partition coefficient (Wildman–Crippen LogP) is 3.47. The number of rotatable bonds is 8. The molecule has 0 saturated carbocycles.